The Kier molecular flexibility index (Phi) is 2.29. The number of thiazole rings is 2. The van der Waals surface area contributed by atoms with Gasteiger partial charge in [-0.05, 0) is 0 Å². The van der Waals surface area contributed by atoms with Crippen LogP contribution in [0.2, 0.25) is 0 Å². The fourth-order valence-electron chi connectivity index (χ4n) is 0.690. The molecule has 6 heteroatoms. The summed E-state index contributed by atoms with van der Waals surface area (Å²) in [6.07, 6.45) is 3.25. The molecule has 0 spiro atoms. The molecule has 2 heterocycles. The van der Waals surface area contributed by atoms with Gasteiger partial charge in [-0.3, -0.25) is 9.97 Å². The normalized spacial score (nSPS) is 10.8. The quantitative estimate of drug-likeness (QED) is 0.768. The Morgan fingerprint density at radius 3 is 1.92 bits per heavy atom. The summed E-state index contributed by atoms with van der Waals surface area (Å²) in [5.74, 6) is 0. The van der Waals surface area contributed by atoms with Crippen LogP contribution in [0.25, 0.3) is 0 Å². The van der Waals surface area contributed by atoms with Crippen molar-refractivity contribution in [1.29, 1.82) is 0 Å². The summed E-state index contributed by atoms with van der Waals surface area (Å²) in [5, 5.41) is 0. The molecule has 2 aromatic heterocycles. The topological polar surface area (TPSA) is 42.9 Å². The van der Waals surface area contributed by atoms with Gasteiger partial charge in [0, 0.05) is 0 Å². The Hall–Kier alpha value is -0.590. The zero-order chi connectivity index (χ0) is 8.39. The second-order valence-electron chi connectivity index (χ2n) is 1.91. The number of rotatable bonds is 2. The lowest BCUT2D eigenvalue weighted by atomic mass is 11.0. The van der Waals surface area contributed by atoms with Gasteiger partial charge >= 0.3 is 0 Å². The van der Waals surface area contributed by atoms with Crippen molar-refractivity contribution >= 4 is 33.5 Å². The van der Waals surface area contributed by atoms with E-state index < -0.39 is 10.8 Å². The van der Waals surface area contributed by atoms with Gasteiger partial charge in [0.15, 0.2) is 0 Å². The summed E-state index contributed by atoms with van der Waals surface area (Å²) in [6, 6.07) is 0. The third kappa shape index (κ3) is 1.45. The van der Waals surface area contributed by atoms with Gasteiger partial charge in [-0.2, -0.15) is 0 Å². The average Bonchev–Trinajstić information content (AvgIpc) is 2.77. The monoisotopic (exact) mass is 216 g/mol. The standard InChI is InChI=1S/C6H4N2OS3/c9-12(5-1-7-3-10-5)6-2-8-4-11-6/h1-4H. The van der Waals surface area contributed by atoms with Crippen molar-refractivity contribution in [3.63, 3.8) is 0 Å². The highest BCUT2D eigenvalue weighted by Crippen LogP contribution is 2.21. The minimum atomic E-state index is -1.07. The van der Waals surface area contributed by atoms with Crippen LogP contribution in [-0.2, 0) is 10.8 Å². The number of aromatic nitrogens is 2. The SMILES string of the molecule is O=S(c1cncs1)c1cncs1. The molecule has 0 aliphatic carbocycles. The Labute approximate surface area is 79.6 Å². The average molecular weight is 216 g/mol. The molecule has 0 fully saturated rings. The van der Waals surface area contributed by atoms with Crippen molar-refractivity contribution < 1.29 is 4.21 Å². The first-order valence-corrected chi connectivity index (χ1v) is 5.97. The van der Waals surface area contributed by atoms with E-state index in [0.29, 0.717) is 0 Å². The molecule has 0 aromatic carbocycles. The molecule has 0 radical (unpaired) electrons. The molecule has 2 rings (SSSR count). The molecule has 0 N–H and O–H groups in total. The van der Waals surface area contributed by atoms with Crippen molar-refractivity contribution in [3.8, 4) is 0 Å². The maximum atomic E-state index is 11.6. The molecule has 0 aliphatic rings. The molecule has 0 unspecified atom stereocenters. The van der Waals surface area contributed by atoms with Crippen LogP contribution in [-0.4, -0.2) is 14.2 Å². The molecule has 12 heavy (non-hydrogen) atoms. The van der Waals surface area contributed by atoms with Crippen LogP contribution < -0.4 is 0 Å². The van der Waals surface area contributed by atoms with Crippen LogP contribution in [0.1, 0.15) is 0 Å². The van der Waals surface area contributed by atoms with E-state index in [1.54, 1.807) is 23.4 Å². The fraction of sp³-hybridized carbons (Fsp3) is 0. The van der Waals surface area contributed by atoms with Crippen LogP contribution >= 0.6 is 22.7 Å². The van der Waals surface area contributed by atoms with Crippen molar-refractivity contribution in [3.05, 3.63) is 23.4 Å². The molecular formula is C6H4N2OS3. The lowest BCUT2D eigenvalue weighted by molar-refractivity contribution is 0.685. The third-order valence-electron chi connectivity index (χ3n) is 1.18. The molecule has 0 amide bonds. The third-order valence-corrected chi connectivity index (χ3v) is 4.74. The minimum absolute atomic E-state index is 0.777. The van der Waals surface area contributed by atoms with Gasteiger partial charge in [0.2, 0.25) is 0 Å². The van der Waals surface area contributed by atoms with Gasteiger partial charge in [0.05, 0.1) is 23.4 Å². The number of nitrogens with zero attached hydrogens (tertiary/aromatic N) is 2. The highest BCUT2D eigenvalue weighted by atomic mass is 32.2. The van der Waals surface area contributed by atoms with E-state index in [9.17, 15) is 4.21 Å². The van der Waals surface area contributed by atoms with Gasteiger partial charge in [-0.25, -0.2) is 4.21 Å². The second-order valence-corrected chi connectivity index (χ2v) is 5.62. The maximum absolute atomic E-state index is 11.6. The van der Waals surface area contributed by atoms with Gasteiger partial charge in [0.25, 0.3) is 0 Å². The number of hydrogen-bond acceptors (Lipinski definition) is 5. The van der Waals surface area contributed by atoms with Gasteiger partial charge in [0.1, 0.15) is 19.2 Å². The molecule has 0 bridgehead atoms. The van der Waals surface area contributed by atoms with Crippen LogP contribution in [0.5, 0.6) is 0 Å². The minimum Gasteiger partial charge on any atom is -0.252 e. The first-order valence-electron chi connectivity index (χ1n) is 3.06. The Morgan fingerprint density at radius 2 is 1.58 bits per heavy atom. The molecule has 0 aliphatic heterocycles. The predicted molar refractivity (Wildman–Crippen MR) is 48.9 cm³/mol. The van der Waals surface area contributed by atoms with Crippen molar-refractivity contribution in [1.82, 2.24) is 9.97 Å². The van der Waals surface area contributed by atoms with Crippen molar-refractivity contribution in [2.75, 3.05) is 0 Å². The van der Waals surface area contributed by atoms with Gasteiger partial charge in [-0.1, -0.05) is 0 Å². The molecule has 0 saturated heterocycles. The van der Waals surface area contributed by atoms with Crippen molar-refractivity contribution in [2.45, 2.75) is 8.42 Å². The van der Waals surface area contributed by atoms with Gasteiger partial charge in [-0.15, -0.1) is 22.7 Å². The Bertz CT molecular complexity index is 331. The summed E-state index contributed by atoms with van der Waals surface area (Å²) >= 11 is 2.79. The Balaban J connectivity index is 2.34. The second kappa shape index (κ2) is 3.42. The van der Waals surface area contributed by atoms with E-state index in [4.69, 9.17) is 0 Å². The summed E-state index contributed by atoms with van der Waals surface area (Å²) in [5.41, 5.74) is 3.35. The molecule has 2 aromatic rings. The molecule has 0 atom stereocenters. The largest absolute Gasteiger partial charge is 0.252 e. The van der Waals surface area contributed by atoms with Crippen molar-refractivity contribution in [2.24, 2.45) is 0 Å². The first-order chi connectivity index (χ1) is 5.88. The van der Waals surface area contributed by atoms with Crippen LogP contribution in [0, 0.1) is 0 Å². The predicted octanol–water partition coefficient (Wildman–Crippen LogP) is 1.77. The summed E-state index contributed by atoms with van der Waals surface area (Å²) < 4.78 is 13.2. The highest BCUT2D eigenvalue weighted by molar-refractivity contribution is 7.89. The van der Waals surface area contributed by atoms with E-state index in [0.717, 1.165) is 8.42 Å². The lowest BCUT2D eigenvalue weighted by Crippen LogP contribution is -1.84. The van der Waals surface area contributed by atoms with E-state index in [2.05, 4.69) is 9.97 Å². The molecular weight excluding hydrogens is 212 g/mol. The molecule has 62 valence electrons. The van der Waals surface area contributed by atoms with Crippen LogP contribution in [0.15, 0.2) is 31.8 Å². The first kappa shape index (κ1) is 8.03. The van der Waals surface area contributed by atoms with E-state index in [1.165, 1.54) is 22.7 Å². The summed E-state index contributed by atoms with van der Waals surface area (Å²) in [6.45, 7) is 0. The number of hydrogen-bond donors (Lipinski definition) is 0. The summed E-state index contributed by atoms with van der Waals surface area (Å²) in [4.78, 5) is 7.73. The zero-order valence-corrected chi connectivity index (χ0v) is 8.29. The van der Waals surface area contributed by atoms with E-state index in [1.807, 2.05) is 0 Å². The fourth-order valence-corrected chi connectivity index (χ4v) is 3.55. The van der Waals surface area contributed by atoms with Crippen LogP contribution in [0.4, 0.5) is 0 Å². The summed E-state index contributed by atoms with van der Waals surface area (Å²) in [7, 11) is -1.07. The Morgan fingerprint density at radius 1 is 1.08 bits per heavy atom. The molecule has 3 nitrogen and oxygen atoms in total. The lowest BCUT2D eigenvalue weighted by Gasteiger charge is -1.89. The molecule has 0 saturated carbocycles. The van der Waals surface area contributed by atoms with E-state index in [-0.39, 0.29) is 0 Å². The highest BCUT2D eigenvalue weighted by Gasteiger charge is 2.09. The van der Waals surface area contributed by atoms with Crippen LogP contribution in [0.3, 0.4) is 0 Å². The van der Waals surface area contributed by atoms with Gasteiger partial charge < -0.3 is 0 Å². The maximum Gasteiger partial charge on any atom is 0.117 e. The van der Waals surface area contributed by atoms with E-state index >= 15 is 0 Å². The zero-order valence-electron chi connectivity index (χ0n) is 5.84. The smallest absolute Gasteiger partial charge is 0.117 e.